The molecule has 28 heavy (non-hydrogen) atoms. The molecule has 0 unspecified atom stereocenters. The van der Waals surface area contributed by atoms with E-state index in [2.05, 4.69) is 5.10 Å². The molecule has 0 atom stereocenters. The average molecular weight is 379 g/mol. The van der Waals surface area contributed by atoms with E-state index in [1.165, 1.54) is 12.1 Å². The number of nitrogens with zero attached hydrogens (tertiary/aromatic N) is 2. The number of primary amides is 1. The van der Waals surface area contributed by atoms with E-state index in [4.69, 9.17) is 15.2 Å². The highest BCUT2D eigenvalue weighted by Gasteiger charge is 2.28. The molecule has 1 aliphatic heterocycles. The molecule has 2 aromatic rings. The van der Waals surface area contributed by atoms with Gasteiger partial charge in [-0.05, 0) is 55.3 Å². The van der Waals surface area contributed by atoms with E-state index in [0.717, 1.165) is 16.8 Å². The lowest BCUT2D eigenvalue weighted by molar-refractivity contribution is -0.120. The number of ether oxygens (including phenoxy) is 2. The highest BCUT2D eigenvalue weighted by Crippen LogP contribution is 2.30. The summed E-state index contributed by atoms with van der Waals surface area (Å²) >= 11 is 0. The smallest absolute Gasteiger partial charge is 0.280 e. The molecule has 0 radical (unpaired) electrons. The maximum absolute atomic E-state index is 12.9. The third-order valence-corrected chi connectivity index (χ3v) is 4.18. The largest absolute Gasteiger partial charge is 0.493 e. The van der Waals surface area contributed by atoms with Crippen molar-refractivity contribution >= 4 is 29.3 Å². The Balaban J connectivity index is 1.88. The van der Waals surface area contributed by atoms with Gasteiger partial charge in [-0.15, -0.1) is 0 Å². The molecule has 0 aliphatic carbocycles. The fraction of sp³-hybridized carbons (Fsp3) is 0.190. The Morgan fingerprint density at radius 1 is 1.18 bits per heavy atom. The summed E-state index contributed by atoms with van der Waals surface area (Å²) in [5.74, 6) is 0.0585. The van der Waals surface area contributed by atoms with Crippen molar-refractivity contribution in [3.05, 3.63) is 59.2 Å². The summed E-state index contributed by atoms with van der Waals surface area (Å²) in [4.78, 5) is 23.8. The topological polar surface area (TPSA) is 94.2 Å². The molecule has 0 fully saturated rings. The predicted molar refractivity (Wildman–Crippen MR) is 107 cm³/mol. The van der Waals surface area contributed by atoms with Gasteiger partial charge >= 0.3 is 0 Å². The third kappa shape index (κ3) is 4.03. The molecule has 2 amide bonds. The number of rotatable bonds is 6. The van der Waals surface area contributed by atoms with Gasteiger partial charge in [-0.3, -0.25) is 9.59 Å². The number of carbonyl (C=O) groups is 2. The summed E-state index contributed by atoms with van der Waals surface area (Å²) in [6, 6.07) is 12.8. The SMILES string of the molecule is COc1cc(C=C2C(=O)N(c3cccc(C)c3)N=C2C)ccc1OCC(N)=O. The molecular weight excluding hydrogens is 358 g/mol. The van der Waals surface area contributed by atoms with Gasteiger partial charge in [0.1, 0.15) is 0 Å². The summed E-state index contributed by atoms with van der Waals surface area (Å²) in [7, 11) is 1.50. The zero-order valence-corrected chi connectivity index (χ0v) is 15.9. The van der Waals surface area contributed by atoms with E-state index < -0.39 is 5.91 Å². The molecule has 1 aliphatic rings. The van der Waals surface area contributed by atoms with Crippen LogP contribution < -0.4 is 20.2 Å². The lowest BCUT2D eigenvalue weighted by Crippen LogP contribution is -2.21. The van der Waals surface area contributed by atoms with Crippen molar-refractivity contribution in [1.82, 2.24) is 0 Å². The minimum atomic E-state index is -0.576. The van der Waals surface area contributed by atoms with Crippen LogP contribution >= 0.6 is 0 Å². The van der Waals surface area contributed by atoms with Gasteiger partial charge in [0, 0.05) is 0 Å². The molecule has 7 nitrogen and oxygen atoms in total. The molecule has 144 valence electrons. The first-order chi connectivity index (χ1) is 13.4. The van der Waals surface area contributed by atoms with E-state index in [1.54, 1.807) is 31.2 Å². The van der Waals surface area contributed by atoms with Gasteiger partial charge in [-0.1, -0.05) is 18.2 Å². The van der Waals surface area contributed by atoms with Crippen molar-refractivity contribution in [2.24, 2.45) is 10.8 Å². The second kappa shape index (κ2) is 7.96. The quantitative estimate of drug-likeness (QED) is 0.781. The van der Waals surface area contributed by atoms with E-state index >= 15 is 0 Å². The lowest BCUT2D eigenvalue weighted by Gasteiger charge is -2.12. The van der Waals surface area contributed by atoms with Gasteiger partial charge in [-0.25, -0.2) is 0 Å². The number of aryl methyl sites for hydroxylation is 1. The zero-order valence-electron chi connectivity index (χ0n) is 15.9. The molecule has 0 bridgehead atoms. The standard InChI is InChI=1S/C21H21N3O4/c1-13-5-4-6-16(9-13)24-21(26)17(14(2)23-24)10-15-7-8-18(19(11-15)27-3)28-12-20(22)25/h4-11H,12H2,1-3H3,(H2,22,25). The molecule has 2 N–H and O–H groups in total. The normalized spacial score (nSPS) is 15.0. The van der Waals surface area contributed by atoms with Gasteiger partial charge in [0.25, 0.3) is 11.8 Å². The first-order valence-electron chi connectivity index (χ1n) is 8.66. The Morgan fingerprint density at radius 2 is 1.96 bits per heavy atom. The fourth-order valence-electron chi connectivity index (χ4n) is 2.83. The van der Waals surface area contributed by atoms with Crippen LogP contribution in [-0.2, 0) is 9.59 Å². The van der Waals surface area contributed by atoms with Crippen molar-refractivity contribution in [1.29, 1.82) is 0 Å². The van der Waals surface area contributed by atoms with Crippen LogP contribution in [-0.4, -0.2) is 31.2 Å². The van der Waals surface area contributed by atoms with Crippen LogP contribution in [0.15, 0.2) is 53.1 Å². The fourth-order valence-corrected chi connectivity index (χ4v) is 2.83. The van der Waals surface area contributed by atoms with E-state index in [1.807, 2.05) is 31.2 Å². The Kier molecular flexibility index (Phi) is 5.44. The number of amides is 2. The van der Waals surface area contributed by atoms with Crippen molar-refractivity contribution in [3.8, 4) is 11.5 Å². The van der Waals surface area contributed by atoms with Crippen LogP contribution in [0.5, 0.6) is 11.5 Å². The van der Waals surface area contributed by atoms with Gasteiger partial charge in [-0.2, -0.15) is 10.1 Å². The minimum absolute atomic E-state index is 0.198. The minimum Gasteiger partial charge on any atom is -0.493 e. The number of methoxy groups -OCH3 is 1. The van der Waals surface area contributed by atoms with Crippen LogP contribution in [0.1, 0.15) is 18.1 Å². The molecule has 0 saturated carbocycles. The first-order valence-corrected chi connectivity index (χ1v) is 8.66. The number of hydrogen-bond acceptors (Lipinski definition) is 5. The van der Waals surface area contributed by atoms with Crippen molar-refractivity contribution < 1.29 is 19.1 Å². The monoisotopic (exact) mass is 379 g/mol. The second-order valence-electron chi connectivity index (χ2n) is 6.36. The Hall–Kier alpha value is -3.61. The van der Waals surface area contributed by atoms with Crippen molar-refractivity contribution in [2.45, 2.75) is 13.8 Å². The van der Waals surface area contributed by atoms with Crippen LogP contribution in [0.3, 0.4) is 0 Å². The van der Waals surface area contributed by atoms with Crippen molar-refractivity contribution in [2.75, 3.05) is 18.7 Å². The third-order valence-electron chi connectivity index (χ3n) is 4.18. The van der Waals surface area contributed by atoms with Crippen molar-refractivity contribution in [3.63, 3.8) is 0 Å². The number of hydrazone groups is 1. The number of carbonyl (C=O) groups excluding carboxylic acids is 2. The number of nitrogens with two attached hydrogens (primary N) is 1. The number of hydrogen-bond donors (Lipinski definition) is 1. The number of benzene rings is 2. The van der Waals surface area contributed by atoms with Gasteiger partial charge in [0.05, 0.1) is 24.1 Å². The molecule has 1 heterocycles. The van der Waals surface area contributed by atoms with E-state index in [0.29, 0.717) is 22.8 Å². The maximum atomic E-state index is 12.9. The summed E-state index contributed by atoms with van der Waals surface area (Å²) in [5.41, 5.74) is 8.73. The number of anilines is 1. The first kappa shape index (κ1) is 19.2. The zero-order chi connectivity index (χ0) is 20.3. The molecule has 7 heteroatoms. The molecule has 0 saturated heterocycles. The molecule has 0 aromatic heterocycles. The highest BCUT2D eigenvalue weighted by atomic mass is 16.5. The lowest BCUT2D eigenvalue weighted by atomic mass is 10.1. The van der Waals surface area contributed by atoms with Gasteiger partial charge in [0.2, 0.25) is 0 Å². The summed E-state index contributed by atoms with van der Waals surface area (Å²) in [5, 5.41) is 5.79. The summed E-state index contributed by atoms with van der Waals surface area (Å²) in [6.45, 7) is 3.51. The molecule has 0 spiro atoms. The Morgan fingerprint density at radius 3 is 2.64 bits per heavy atom. The van der Waals surface area contributed by atoms with Gasteiger partial charge in [0.15, 0.2) is 18.1 Å². The Bertz CT molecular complexity index is 995. The van der Waals surface area contributed by atoms with E-state index in [-0.39, 0.29) is 12.5 Å². The maximum Gasteiger partial charge on any atom is 0.280 e. The Labute approximate surface area is 163 Å². The molecular formula is C21H21N3O4. The van der Waals surface area contributed by atoms with Crippen LogP contribution in [0, 0.1) is 6.92 Å². The summed E-state index contributed by atoms with van der Waals surface area (Å²) in [6.07, 6.45) is 1.75. The molecule has 2 aromatic carbocycles. The van der Waals surface area contributed by atoms with Crippen LogP contribution in [0.2, 0.25) is 0 Å². The van der Waals surface area contributed by atoms with Crippen LogP contribution in [0.25, 0.3) is 6.08 Å². The highest BCUT2D eigenvalue weighted by molar-refractivity contribution is 6.32. The summed E-state index contributed by atoms with van der Waals surface area (Å²) < 4.78 is 10.6. The van der Waals surface area contributed by atoms with Gasteiger partial charge < -0.3 is 15.2 Å². The average Bonchev–Trinajstić information content (AvgIpc) is 2.95. The predicted octanol–water partition coefficient (Wildman–Crippen LogP) is 2.67. The van der Waals surface area contributed by atoms with Crippen LogP contribution in [0.4, 0.5) is 5.69 Å². The van der Waals surface area contributed by atoms with E-state index in [9.17, 15) is 9.59 Å². The molecule has 3 rings (SSSR count). The second-order valence-corrected chi connectivity index (χ2v) is 6.36.